The molecule has 2 amide bonds. The molecule has 5 heterocycles. The van der Waals surface area contributed by atoms with Gasteiger partial charge in [-0.05, 0) is 43.5 Å². The summed E-state index contributed by atoms with van der Waals surface area (Å²) in [6.07, 6.45) is 3.35. The first-order valence-corrected chi connectivity index (χ1v) is 11.9. The van der Waals surface area contributed by atoms with E-state index in [1.807, 2.05) is 6.92 Å². The summed E-state index contributed by atoms with van der Waals surface area (Å²) in [6, 6.07) is 4.61. The van der Waals surface area contributed by atoms with Gasteiger partial charge in [-0.2, -0.15) is 0 Å². The molecule has 3 aromatic rings. The lowest BCUT2D eigenvalue weighted by Gasteiger charge is -2.38. The fourth-order valence-corrected chi connectivity index (χ4v) is 6.08. The van der Waals surface area contributed by atoms with Crippen LogP contribution >= 0.6 is 11.5 Å². The molecular formula is C23H21F2N5O3S. The van der Waals surface area contributed by atoms with Crippen molar-refractivity contribution in [3.8, 4) is 0 Å². The van der Waals surface area contributed by atoms with Crippen LogP contribution in [0.15, 0.2) is 30.5 Å². The maximum Gasteiger partial charge on any atom is 0.257 e. The molecular weight excluding hydrogens is 464 g/mol. The van der Waals surface area contributed by atoms with E-state index in [2.05, 4.69) is 14.6 Å². The molecule has 2 aromatic heterocycles. The van der Waals surface area contributed by atoms with E-state index in [0.29, 0.717) is 60.2 Å². The number of ether oxygens (including phenoxy) is 1. The van der Waals surface area contributed by atoms with E-state index in [4.69, 9.17) is 4.74 Å². The second-order valence-corrected chi connectivity index (χ2v) is 10.0. The summed E-state index contributed by atoms with van der Waals surface area (Å²) in [5.41, 5.74) is -0.453. The van der Waals surface area contributed by atoms with Gasteiger partial charge in [0.2, 0.25) is 0 Å². The Hall–Kier alpha value is -3.05. The molecule has 0 saturated carbocycles. The monoisotopic (exact) mass is 485 g/mol. The van der Waals surface area contributed by atoms with Crippen molar-refractivity contribution in [2.24, 2.45) is 0 Å². The first-order valence-electron chi connectivity index (χ1n) is 11.2. The number of fused-ring (bicyclic) bond motifs is 2. The Bertz CT molecular complexity index is 1300. The number of amides is 2. The summed E-state index contributed by atoms with van der Waals surface area (Å²) < 4.78 is 38.0. The predicted molar refractivity (Wildman–Crippen MR) is 118 cm³/mol. The Morgan fingerprint density at radius 2 is 1.88 bits per heavy atom. The molecule has 1 aromatic carbocycles. The third kappa shape index (κ3) is 3.21. The molecule has 8 nitrogen and oxygen atoms in total. The molecule has 11 heteroatoms. The lowest BCUT2D eigenvalue weighted by molar-refractivity contribution is -0.148. The Balaban J connectivity index is 1.21. The summed E-state index contributed by atoms with van der Waals surface area (Å²) >= 11 is 1.17. The lowest BCUT2D eigenvalue weighted by Crippen LogP contribution is -2.51. The largest absolute Gasteiger partial charge is 0.339 e. The van der Waals surface area contributed by atoms with Crippen LogP contribution in [0.1, 0.15) is 54.6 Å². The number of hydrogen-bond donors (Lipinski definition) is 0. The quantitative estimate of drug-likeness (QED) is 0.553. The minimum atomic E-state index is -1.04. The number of carbonyl (C=O) groups is 2. The van der Waals surface area contributed by atoms with Crippen molar-refractivity contribution >= 4 is 33.7 Å². The Labute approximate surface area is 197 Å². The van der Waals surface area contributed by atoms with Crippen LogP contribution in [0.3, 0.4) is 0 Å². The van der Waals surface area contributed by atoms with Gasteiger partial charge in [0.1, 0.15) is 22.9 Å². The van der Waals surface area contributed by atoms with Crippen LogP contribution in [0.5, 0.6) is 0 Å². The molecule has 6 rings (SSSR count). The molecule has 3 saturated heterocycles. The van der Waals surface area contributed by atoms with Crippen molar-refractivity contribution in [2.45, 2.75) is 50.0 Å². The summed E-state index contributed by atoms with van der Waals surface area (Å²) in [5, 5.41) is 3.98. The summed E-state index contributed by atoms with van der Waals surface area (Å²) in [5.74, 6) is -1.69. The van der Waals surface area contributed by atoms with Gasteiger partial charge >= 0.3 is 0 Å². The molecule has 34 heavy (non-hydrogen) atoms. The lowest BCUT2D eigenvalue weighted by atomic mass is 9.89. The fraction of sp³-hybridized carbons (Fsp3) is 0.435. The number of likely N-dealkylation sites (tertiary alicyclic amines) is 1. The van der Waals surface area contributed by atoms with Gasteiger partial charge in [-0.1, -0.05) is 4.49 Å². The Morgan fingerprint density at radius 3 is 2.62 bits per heavy atom. The number of carbonyl (C=O) groups excluding carboxylic acids is 2. The normalized spacial score (nSPS) is 26.0. The number of nitrogens with zero attached hydrogens (tertiary/aromatic N) is 5. The number of rotatable bonds is 2. The second-order valence-electron chi connectivity index (χ2n) is 9.32. The van der Waals surface area contributed by atoms with Crippen LogP contribution in [-0.2, 0) is 9.53 Å². The standard InChI is InChI=1S/C23H21F2N5O3S/c1-22-3-2-18(13-8-15(24)11-16(25)9-13)30(22)21(32)23(33-22)4-6-29(7-5-23)20(31)14-10-17-19(26-12-14)34-28-27-17/h8-12,18H,2-7H2,1H3/t18-,22+/m0/s1. The van der Waals surface area contributed by atoms with E-state index in [1.54, 1.807) is 15.9 Å². The van der Waals surface area contributed by atoms with Gasteiger partial charge in [-0.15, -0.1) is 5.10 Å². The van der Waals surface area contributed by atoms with Gasteiger partial charge in [0, 0.05) is 49.7 Å². The number of aromatic nitrogens is 3. The number of piperidine rings is 1. The first-order chi connectivity index (χ1) is 16.3. The van der Waals surface area contributed by atoms with E-state index in [0.717, 1.165) is 6.07 Å². The van der Waals surface area contributed by atoms with Crippen molar-refractivity contribution in [2.75, 3.05) is 13.1 Å². The third-order valence-electron chi connectivity index (χ3n) is 7.21. The SMILES string of the molecule is C[C@@]12CC[C@@H](c3cc(F)cc(F)c3)N1C(=O)C1(CCN(C(=O)c3cnc4snnc4c3)CC1)O2. The summed E-state index contributed by atoms with van der Waals surface area (Å²) in [4.78, 5) is 35.0. The minimum absolute atomic E-state index is 0.175. The number of benzene rings is 1. The molecule has 3 aliphatic heterocycles. The van der Waals surface area contributed by atoms with Crippen LogP contribution in [0.4, 0.5) is 8.78 Å². The van der Waals surface area contributed by atoms with Gasteiger partial charge in [0.05, 0.1) is 11.6 Å². The smallest absolute Gasteiger partial charge is 0.257 e. The van der Waals surface area contributed by atoms with E-state index >= 15 is 0 Å². The Morgan fingerprint density at radius 1 is 1.15 bits per heavy atom. The number of hydrogen-bond acceptors (Lipinski definition) is 7. The predicted octanol–water partition coefficient (Wildman–Crippen LogP) is 3.45. The van der Waals surface area contributed by atoms with Crippen LogP contribution in [0.2, 0.25) is 0 Å². The molecule has 3 aliphatic rings. The molecule has 0 unspecified atom stereocenters. The van der Waals surface area contributed by atoms with Crippen molar-refractivity contribution in [3.63, 3.8) is 0 Å². The van der Waals surface area contributed by atoms with Crippen LogP contribution < -0.4 is 0 Å². The molecule has 0 aliphatic carbocycles. The highest BCUT2D eigenvalue weighted by Gasteiger charge is 2.63. The van der Waals surface area contributed by atoms with Crippen LogP contribution in [-0.4, -0.2) is 60.6 Å². The molecule has 0 N–H and O–H groups in total. The van der Waals surface area contributed by atoms with Crippen molar-refractivity contribution in [1.29, 1.82) is 0 Å². The fourth-order valence-electron chi connectivity index (χ4n) is 5.58. The van der Waals surface area contributed by atoms with E-state index in [-0.39, 0.29) is 11.8 Å². The van der Waals surface area contributed by atoms with E-state index in [1.165, 1.54) is 29.9 Å². The van der Waals surface area contributed by atoms with E-state index in [9.17, 15) is 18.4 Å². The highest BCUT2D eigenvalue weighted by molar-refractivity contribution is 7.12. The zero-order valence-electron chi connectivity index (χ0n) is 18.3. The zero-order chi connectivity index (χ0) is 23.7. The van der Waals surface area contributed by atoms with Crippen LogP contribution in [0, 0.1) is 11.6 Å². The molecule has 1 spiro atoms. The summed E-state index contributed by atoms with van der Waals surface area (Å²) in [7, 11) is 0. The van der Waals surface area contributed by atoms with Crippen molar-refractivity contribution in [1.82, 2.24) is 24.4 Å². The highest BCUT2D eigenvalue weighted by Crippen LogP contribution is 2.53. The average molecular weight is 486 g/mol. The number of pyridine rings is 1. The molecule has 0 radical (unpaired) electrons. The minimum Gasteiger partial charge on any atom is -0.339 e. The topological polar surface area (TPSA) is 88.5 Å². The molecule has 0 bridgehead atoms. The maximum absolute atomic E-state index is 13.9. The molecule has 2 atom stereocenters. The first kappa shape index (κ1) is 21.5. The average Bonchev–Trinajstić information content (AvgIpc) is 3.46. The third-order valence-corrected chi connectivity index (χ3v) is 7.86. The van der Waals surface area contributed by atoms with Gasteiger partial charge in [0.25, 0.3) is 11.8 Å². The van der Waals surface area contributed by atoms with E-state index < -0.39 is 29.0 Å². The van der Waals surface area contributed by atoms with Crippen molar-refractivity contribution < 1.29 is 23.1 Å². The second kappa shape index (κ2) is 7.47. The van der Waals surface area contributed by atoms with Gasteiger partial charge in [0.15, 0.2) is 10.4 Å². The van der Waals surface area contributed by atoms with Crippen LogP contribution in [0.25, 0.3) is 10.3 Å². The zero-order valence-corrected chi connectivity index (χ0v) is 19.1. The van der Waals surface area contributed by atoms with Gasteiger partial charge in [-0.25, -0.2) is 13.8 Å². The Kier molecular flexibility index (Phi) is 4.72. The highest BCUT2D eigenvalue weighted by atomic mass is 32.1. The van der Waals surface area contributed by atoms with Gasteiger partial charge < -0.3 is 14.5 Å². The number of halogens is 2. The molecule has 3 fully saturated rings. The van der Waals surface area contributed by atoms with Crippen molar-refractivity contribution in [3.05, 3.63) is 53.2 Å². The summed E-state index contributed by atoms with van der Waals surface area (Å²) in [6.45, 7) is 2.55. The van der Waals surface area contributed by atoms with Gasteiger partial charge in [-0.3, -0.25) is 9.59 Å². The maximum atomic E-state index is 13.9. The molecule has 176 valence electrons.